The van der Waals surface area contributed by atoms with Crippen molar-refractivity contribution in [1.29, 1.82) is 5.26 Å². The van der Waals surface area contributed by atoms with Gasteiger partial charge in [0, 0.05) is 12.1 Å². The SMILES string of the molecule is C=CCC(=O)N(c1ccc(Cl)c(Cl)c1)C(C)C(=O)NCC#N. The predicted molar refractivity (Wildman–Crippen MR) is 86.8 cm³/mol. The molecule has 116 valence electrons. The van der Waals surface area contributed by atoms with Crippen LogP contribution in [-0.2, 0) is 9.59 Å². The molecule has 5 nitrogen and oxygen atoms in total. The number of nitriles is 1. The van der Waals surface area contributed by atoms with Gasteiger partial charge in [0.15, 0.2) is 0 Å². The van der Waals surface area contributed by atoms with E-state index in [0.29, 0.717) is 10.7 Å². The van der Waals surface area contributed by atoms with Crippen molar-refractivity contribution in [1.82, 2.24) is 5.32 Å². The van der Waals surface area contributed by atoms with Crippen LogP contribution in [0.25, 0.3) is 0 Å². The standard InChI is InChI=1S/C15H15Cl2N3O2/c1-3-4-14(21)20(10(2)15(22)19-8-7-18)11-5-6-12(16)13(17)9-11/h3,5-6,9-10H,1,4,8H2,2H3,(H,19,22). The molecule has 22 heavy (non-hydrogen) atoms. The van der Waals surface area contributed by atoms with Crippen LogP contribution in [0.2, 0.25) is 10.0 Å². The number of halogens is 2. The number of carbonyl (C=O) groups excluding carboxylic acids is 2. The summed E-state index contributed by atoms with van der Waals surface area (Å²) < 4.78 is 0. The molecular formula is C15H15Cl2N3O2. The summed E-state index contributed by atoms with van der Waals surface area (Å²) in [5.41, 5.74) is 0.445. The van der Waals surface area contributed by atoms with E-state index in [1.807, 2.05) is 6.07 Å². The molecule has 0 spiro atoms. The minimum atomic E-state index is -0.807. The third kappa shape index (κ3) is 4.48. The van der Waals surface area contributed by atoms with Crippen molar-refractivity contribution >= 4 is 40.7 Å². The average Bonchev–Trinajstić information content (AvgIpc) is 2.48. The van der Waals surface area contributed by atoms with Crippen LogP contribution in [0.15, 0.2) is 30.9 Å². The Hall–Kier alpha value is -2.03. The molecular weight excluding hydrogens is 325 g/mol. The van der Waals surface area contributed by atoms with Crippen molar-refractivity contribution < 1.29 is 9.59 Å². The molecule has 0 heterocycles. The highest BCUT2D eigenvalue weighted by Crippen LogP contribution is 2.28. The molecule has 0 fully saturated rings. The molecule has 0 aliphatic heterocycles. The Bertz CT molecular complexity index is 626. The molecule has 1 rings (SSSR count). The highest BCUT2D eigenvalue weighted by Gasteiger charge is 2.26. The molecule has 0 saturated carbocycles. The summed E-state index contributed by atoms with van der Waals surface area (Å²) in [4.78, 5) is 25.6. The highest BCUT2D eigenvalue weighted by molar-refractivity contribution is 6.42. The number of hydrogen-bond donors (Lipinski definition) is 1. The van der Waals surface area contributed by atoms with Gasteiger partial charge in [-0.1, -0.05) is 29.3 Å². The summed E-state index contributed by atoms with van der Waals surface area (Å²) in [5.74, 6) is -0.752. The van der Waals surface area contributed by atoms with Crippen LogP contribution in [0.5, 0.6) is 0 Å². The molecule has 1 atom stereocenters. The summed E-state index contributed by atoms with van der Waals surface area (Å²) in [5, 5.41) is 11.6. The lowest BCUT2D eigenvalue weighted by molar-refractivity contribution is -0.125. The van der Waals surface area contributed by atoms with Crippen LogP contribution in [0.3, 0.4) is 0 Å². The Morgan fingerprint density at radius 2 is 2.14 bits per heavy atom. The van der Waals surface area contributed by atoms with Gasteiger partial charge < -0.3 is 5.32 Å². The first-order valence-electron chi connectivity index (χ1n) is 6.45. The maximum Gasteiger partial charge on any atom is 0.243 e. The summed E-state index contributed by atoms with van der Waals surface area (Å²) in [6.45, 7) is 4.96. The second-order valence-electron chi connectivity index (χ2n) is 4.41. The molecule has 1 aromatic rings. The first-order chi connectivity index (χ1) is 10.4. The average molecular weight is 340 g/mol. The number of carbonyl (C=O) groups is 2. The number of amides is 2. The fourth-order valence-electron chi connectivity index (χ4n) is 1.83. The normalized spacial score (nSPS) is 11.2. The topological polar surface area (TPSA) is 73.2 Å². The maximum absolute atomic E-state index is 12.3. The summed E-state index contributed by atoms with van der Waals surface area (Å²) in [6, 6.07) is 5.67. The first-order valence-corrected chi connectivity index (χ1v) is 7.20. The second-order valence-corrected chi connectivity index (χ2v) is 5.22. The Kier molecular flexibility index (Phi) is 6.90. The zero-order chi connectivity index (χ0) is 16.7. The van der Waals surface area contributed by atoms with E-state index in [4.69, 9.17) is 28.5 Å². The fraction of sp³-hybridized carbons (Fsp3) is 0.267. The summed E-state index contributed by atoms with van der Waals surface area (Å²) in [7, 11) is 0. The largest absolute Gasteiger partial charge is 0.341 e. The van der Waals surface area contributed by atoms with Gasteiger partial charge in [-0.3, -0.25) is 14.5 Å². The van der Waals surface area contributed by atoms with Gasteiger partial charge in [0.05, 0.1) is 16.1 Å². The number of benzene rings is 1. The van der Waals surface area contributed by atoms with E-state index in [1.165, 1.54) is 17.0 Å². The Balaban J connectivity index is 3.15. The van der Waals surface area contributed by atoms with Crippen LogP contribution in [0, 0.1) is 11.3 Å². The van der Waals surface area contributed by atoms with Gasteiger partial charge in [-0.05, 0) is 25.1 Å². The van der Waals surface area contributed by atoms with Gasteiger partial charge in [-0.15, -0.1) is 6.58 Å². The Labute approximate surface area is 139 Å². The molecule has 0 aliphatic rings. The van der Waals surface area contributed by atoms with E-state index in [-0.39, 0.29) is 23.9 Å². The van der Waals surface area contributed by atoms with Crippen molar-refractivity contribution in [2.45, 2.75) is 19.4 Å². The lowest BCUT2D eigenvalue weighted by atomic mass is 10.2. The van der Waals surface area contributed by atoms with Crippen molar-refractivity contribution in [3.63, 3.8) is 0 Å². The minimum Gasteiger partial charge on any atom is -0.341 e. The molecule has 0 aromatic heterocycles. The van der Waals surface area contributed by atoms with Gasteiger partial charge in [-0.25, -0.2) is 0 Å². The van der Waals surface area contributed by atoms with E-state index < -0.39 is 11.9 Å². The Morgan fingerprint density at radius 1 is 1.45 bits per heavy atom. The third-order valence-corrected chi connectivity index (χ3v) is 3.62. The van der Waals surface area contributed by atoms with E-state index in [1.54, 1.807) is 19.1 Å². The fourth-order valence-corrected chi connectivity index (χ4v) is 2.12. The predicted octanol–water partition coefficient (Wildman–Crippen LogP) is 2.93. The van der Waals surface area contributed by atoms with E-state index in [9.17, 15) is 9.59 Å². The lowest BCUT2D eigenvalue weighted by Crippen LogP contribution is -2.48. The zero-order valence-corrected chi connectivity index (χ0v) is 13.5. The quantitative estimate of drug-likeness (QED) is 0.639. The molecule has 0 bridgehead atoms. The number of rotatable bonds is 6. The molecule has 0 radical (unpaired) electrons. The number of nitrogens with one attached hydrogen (secondary N) is 1. The van der Waals surface area contributed by atoms with Crippen LogP contribution in [0.4, 0.5) is 5.69 Å². The molecule has 7 heteroatoms. The third-order valence-electron chi connectivity index (χ3n) is 2.88. The summed E-state index contributed by atoms with van der Waals surface area (Å²) >= 11 is 11.8. The molecule has 1 N–H and O–H groups in total. The van der Waals surface area contributed by atoms with Gasteiger partial charge in [0.25, 0.3) is 0 Å². The number of nitrogens with zero attached hydrogens (tertiary/aromatic N) is 2. The molecule has 0 aliphatic carbocycles. The van der Waals surface area contributed by atoms with Crippen molar-refractivity contribution in [3.05, 3.63) is 40.9 Å². The van der Waals surface area contributed by atoms with Crippen molar-refractivity contribution in [2.75, 3.05) is 11.4 Å². The van der Waals surface area contributed by atoms with Crippen LogP contribution in [-0.4, -0.2) is 24.4 Å². The van der Waals surface area contributed by atoms with Crippen molar-refractivity contribution in [3.8, 4) is 6.07 Å². The summed E-state index contributed by atoms with van der Waals surface area (Å²) in [6.07, 6.45) is 1.52. The second kappa shape index (κ2) is 8.42. The van der Waals surface area contributed by atoms with Gasteiger partial charge in [0.1, 0.15) is 12.6 Å². The monoisotopic (exact) mass is 339 g/mol. The number of hydrogen-bond acceptors (Lipinski definition) is 3. The molecule has 1 unspecified atom stereocenters. The van der Waals surface area contributed by atoms with Crippen LogP contribution >= 0.6 is 23.2 Å². The highest BCUT2D eigenvalue weighted by atomic mass is 35.5. The van der Waals surface area contributed by atoms with Gasteiger partial charge >= 0.3 is 0 Å². The van der Waals surface area contributed by atoms with E-state index in [2.05, 4.69) is 11.9 Å². The first kappa shape index (κ1) is 18.0. The molecule has 0 saturated heterocycles. The lowest BCUT2D eigenvalue weighted by Gasteiger charge is -2.28. The zero-order valence-electron chi connectivity index (χ0n) is 12.0. The van der Waals surface area contributed by atoms with Crippen LogP contribution < -0.4 is 10.2 Å². The van der Waals surface area contributed by atoms with Gasteiger partial charge in [-0.2, -0.15) is 5.26 Å². The number of anilines is 1. The maximum atomic E-state index is 12.3. The van der Waals surface area contributed by atoms with E-state index >= 15 is 0 Å². The van der Waals surface area contributed by atoms with Crippen molar-refractivity contribution in [2.24, 2.45) is 0 Å². The minimum absolute atomic E-state index is 0.0656. The molecule has 2 amide bonds. The van der Waals surface area contributed by atoms with E-state index in [0.717, 1.165) is 0 Å². The van der Waals surface area contributed by atoms with Gasteiger partial charge in [0.2, 0.25) is 11.8 Å². The van der Waals surface area contributed by atoms with Crippen LogP contribution in [0.1, 0.15) is 13.3 Å². The Morgan fingerprint density at radius 3 is 2.68 bits per heavy atom. The molecule has 1 aromatic carbocycles. The smallest absolute Gasteiger partial charge is 0.243 e.